The van der Waals surface area contributed by atoms with Crippen LogP contribution in [0.1, 0.15) is 17.7 Å². The lowest BCUT2D eigenvalue weighted by atomic mass is 10.1. The summed E-state index contributed by atoms with van der Waals surface area (Å²) < 4.78 is 7.40. The Morgan fingerprint density at radius 2 is 1.96 bits per heavy atom. The van der Waals surface area contributed by atoms with Crippen molar-refractivity contribution < 1.29 is 9.21 Å². The number of amides is 1. The summed E-state index contributed by atoms with van der Waals surface area (Å²) in [7, 11) is 3.52. The van der Waals surface area contributed by atoms with Crippen molar-refractivity contribution in [1.29, 1.82) is 0 Å². The van der Waals surface area contributed by atoms with Gasteiger partial charge >= 0.3 is 0 Å². The number of carbonyl (C=O) groups is 1. The van der Waals surface area contributed by atoms with Crippen molar-refractivity contribution in [3.8, 4) is 11.6 Å². The van der Waals surface area contributed by atoms with Crippen LogP contribution < -0.4 is 0 Å². The van der Waals surface area contributed by atoms with Gasteiger partial charge in [0.25, 0.3) is 0 Å². The summed E-state index contributed by atoms with van der Waals surface area (Å²) in [5.74, 6) is 1.34. The highest BCUT2D eigenvalue weighted by Crippen LogP contribution is 2.36. The van der Waals surface area contributed by atoms with Crippen LogP contribution in [0.2, 0.25) is 0 Å². The predicted octanol–water partition coefficient (Wildman–Crippen LogP) is 3.48. The first-order chi connectivity index (χ1) is 12.1. The first-order valence-corrected chi connectivity index (χ1v) is 8.89. The van der Waals surface area contributed by atoms with E-state index in [0.29, 0.717) is 23.3 Å². The van der Waals surface area contributed by atoms with E-state index in [0.717, 1.165) is 5.56 Å². The zero-order chi connectivity index (χ0) is 17.8. The third-order valence-electron chi connectivity index (χ3n) is 3.77. The number of furan rings is 1. The number of thioether (sulfide) groups is 1. The fourth-order valence-corrected chi connectivity index (χ4v) is 3.72. The third kappa shape index (κ3) is 3.61. The molecule has 0 bridgehead atoms. The molecule has 6 nitrogen and oxygen atoms in total. The van der Waals surface area contributed by atoms with Gasteiger partial charge in [-0.25, -0.2) is 0 Å². The monoisotopic (exact) mass is 356 g/mol. The average Bonchev–Trinajstić information content (AvgIpc) is 3.28. The van der Waals surface area contributed by atoms with E-state index in [9.17, 15) is 4.79 Å². The molecule has 7 heteroatoms. The first kappa shape index (κ1) is 17.3. The van der Waals surface area contributed by atoms with Crippen molar-refractivity contribution >= 4 is 17.7 Å². The van der Waals surface area contributed by atoms with E-state index in [1.165, 1.54) is 11.8 Å². The van der Waals surface area contributed by atoms with E-state index in [4.69, 9.17) is 4.42 Å². The lowest BCUT2D eigenvalue weighted by molar-refractivity contribution is -0.128. The molecular weight excluding hydrogens is 336 g/mol. The van der Waals surface area contributed by atoms with E-state index < -0.39 is 0 Å². The van der Waals surface area contributed by atoms with Gasteiger partial charge in [0.15, 0.2) is 16.7 Å². The largest absolute Gasteiger partial charge is 0.461 e. The molecule has 130 valence electrons. The Balaban J connectivity index is 1.96. The van der Waals surface area contributed by atoms with Crippen LogP contribution in [-0.2, 0) is 11.3 Å². The van der Waals surface area contributed by atoms with E-state index in [1.54, 1.807) is 25.3 Å². The smallest absolute Gasteiger partial charge is 0.240 e. The number of hydrogen-bond donors (Lipinski definition) is 0. The van der Waals surface area contributed by atoms with Crippen LogP contribution >= 0.6 is 11.8 Å². The van der Waals surface area contributed by atoms with Gasteiger partial charge in [-0.1, -0.05) is 42.1 Å². The van der Waals surface area contributed by atoms with Crippen LogP contribution in [0.25, 0.3) is 11.6 Å². The minimum absolute atomic E-state index is 0.0152. The predicted molar refractivity (Wildman–Crippen MR) is 97.1 cm³/mol. The van der Waals surface area contributed by atoms with Crippen molar-refractivity contribution in [3.05, 3.63) is 54.3 Å². The summed E-state index contributed by atoms with van der Waals surface area (Å²) in [5.41, 5.74) is 0.941. The number of hydrogen-bond acceptors (Lipinski definition) is 5. The van der Waals surface area contributed by atoms with Gasteiger partial charge in [-0.15, -0.1) is 10.2 Å². The molecule has 3 rings (SSSR count). The summed E-state index contributed by atoms with van der Waals surface area (Å²) in [4.78, 5) is 14.3. The lowest BCUT2D eigenvalue weighted by Gasteiger charge is -2.20. The summed E-state index contributed by atoms with van der Waals surface area (Å²) in [6.45, 7) is 2.70. The Morgan fingerprint density at radius 3 is 2.56 bits per heavy atom. The molecule has 0 radical (unpaired) electrons. The van der Waals surface area contributed by atoms with Gasteiger partial charge in [0.1, 0.15) is 5.25 Å². The second-order valence-electron chi connectivity index (χ2n) is 5.67. The molecule has 0 aliphatic carbocycles. The molecule has 0 saturated carbocycles. The van der Waals surface area contributed by atoms with Crippen molar-refractivity contribution in [3.63, 3.8) is 0 Å². The topological polar surface area (TPSA) is 64.2 Å². The maximum Gasteiger partial charge on any atom is 0.240 e. The summed E-state index contributed by atoms with van der Waals surface area (Å²) in [6, 6.07) is 13.4. The highest BCUT2D eigenvalue weighted by Gasteiger charge is 2.27. The Hall–Kier alpha value is -2.54. The quantitative estimate of drug-likeness (QED) is 0.633. The first-order valence-electron chi connectivity index (χ1n) is 8.01. The molecule has 1 aromatic carbocycles. The molecule has 0 N–H and O–H groups in total. The molecule has 0 saturated heterocycles. The lowest BCUT2D eigenvalue weighted by Crippen LogP contribution is -2.27. The van der Waals surface area contributed by atoms with Crippen LogP contribution in [0, 0.1) is 0 Å². The van der Waals surface area contributed by atoms with Gasteiger partial charge in [-0.2, -0.15) is 0 Å². The molecule has 0 aliphatic heterocycles. The van der Waals surface area contributed by atoms with Crippen molar-refractivity contribution in [2.24, 2.45) is 0 Å². The zero-order valence-corrected chi connectivity index (χ0v) is 15.2. The Morgan fingerprint density at radius 1 is 1.20 bits per heavy atom. The molecule has 2 aromatic heterocycles. The van der Waals surface area contributed by atoms with Crippen molar-refractivity contribution in [1.82, 2.24) is 19.7 Å². The maximum absolute atomic E-state index is 12.7. The fraction of sp³-hybridized carbons (Fsp3) is 0.278. The van der Waals surface area contributed by atoms with Gasteiger partial charge in [0.05, 0.1) is 6.26 Å². The molecule has 0 fully saturated rings. The number of benzene rings is 1. The highest BCUT2D eigenvalue weighted by molar-refractivity contribution is 8.00. The zero-order valence-electron chi connectivity index (χ0n) is 14.4. The second kappa shape index (κ2) is 7.57. The summed E-state index contributed by atoms with van der Waals surface area (Å²) in [5, 5.41) is 8.86. The molecule has 2 heterocycles. The summed E-state index contributed by atoms with van der Waals surface area (Å²) >= 11 is 1.40. The summed E-state index contributed by atoms with van der Waals surface area (Å²) in [6.07, 6.45) is 1.61. The van der Waals surface area contributed by atoms with E-state index in [-0.39, 0.29) is 11.2 Å². The normalized spacial score (nSPS) is 12.1. The number of likely N-dealkylation sites (N-methyl/N-ethyl adjacent to an activating group) is 1. The maximum atomic E-state index is 12.7. The molecule has 0 aliphatic rings. The van der Waals surface area contributed by atoms with Crippen molar-refractivity contribution in [2.75, 3.05) is 14.1 Å². The van der Waals surface area contributed by atoms with Gasteiger partial charge in [-0.3, -0.25) is 9.36 Å². The van der Waals surface area contributed by atoms with E-state index in [2.05, 4.69) is 10.2 Å². The second-order valence-corrected chi connectivity index (χ2v) is 6.74. The van der Waals surface area contributed by atoms with Gasteiger partial charge in [0, 0.05) is 20.6 Å². The highest BCUT2D eigenvalue weighted by atomic mass is 32.2. The Kier molecular flexibility index (Phi) is 5.23. The number of carbonyl (C=O) groups excluding carboxylic acids is 1. The molecule has 1 atom stereocenters. The van der Waals surface area contributed by atoms with Crippen LogP contribution in [0.5, 0.6) is 0 Å². The molecule has 3 aromatic rings. The minimum Gasteiger partial charge on any atom is -0.461 e. The molecule has 25 heavy (non-hydrogen) atoms. The van der Waals surface area contributed by atoms with E-state index in [1.807, 2.05) is 54.0 Å². The van der Waals surface area contributed by atoms with Crippen LogP contribution in [-0.4, -0.2) is 39.7 Å². The average molecular weight is 356 g/mol. The number of rotatable bonds is 6. The standard InChI is InChI=1S/C18H20N4O2S/c1-4-22-16(14-11-8-12-24-14)19-20-18(22)25-15(17(23)21(2)3)13-9-6-5-7-10-13/h5-12,15H,4H2,1-3H3/t15-/m1/s1. The third-order valence-corrected chi connectivity index (χ3v) is 4.99. The van der Waals surface area contributed by atoms with Crippen LogP contribution in [0.15, 0.2) is 58.3 Å². The number of nitrogens with zero attached hydrogens (tertiary/aromatic N) is 4. The molecule has 1 amide bonds. The van der Waals surface area contributed by atoms with Crippen molar-refractivity contribution in [2.45, 2.75) is 23.9 Å². The Labute approximate surface area is 150 Å². The van der Waals surface area contributed by atoms with Gasteiger partial charge in [0.2, 0.25) is 5.91 Å². The van der Waals surface area contributed by atoms with Gasteiger partial charge < -0.3 is 9.32 Å². The minimum atomic E-state index is -0.379. The molecule has 0 unspecified atom stereocenters. The van der Waals surface area contributed by atoms with Crippen LogP contribution in [0.4, 0.5) is 0 Å². The molecule has 0 spiro atoms. The number of aromatic nitrogens is 3. The molecular formula is C18H20N4O2S. The van der Waals surface area contributed by atoms with E-state index >= 15 is 0 Å². The fourth-order valence-electron chi connectivity index (χ4n) is 2.48. The SMILES string of the molecule is CCn1c(S[C@@H](C(=O)N(C)C)c2ccccc2)nnc1-c1ccco1. The van der Waals surface area contributed by atoms with Crippen LogP contribution in [0.3, 0.4) is 0 Å². The Bertz CT molecular complexity index is 828. The van der Waals surface area contributed by atoms with Gasteiger partial charge in [-0.05, 0) is 24.6 Å².